The van der Waals surface area contributed by atoms with Crippen molar-refractivity contribution in [3.05, 3.63) is 84.0 Å². The Balaban J connectivity index is 2.06. The highest BCUT2D eigenvalue weighted by atomic mass is 14.2. The molecule has 20 heavy (non-hydrogen) atoms. The molecule has 3 rings (SSSR count). The molecule has 0 aromatic heterocycles. The Bertz CT molecular complexity index is 702. The summed E-state index contributed by atoms with van der Waals surface area (Å²) in [5, 5.41) is 9.25. The molecule has 96 valence electrons. The van der Waals surface area contributed by atoms with Gasteiger partial charge in [0.2, 0.25) is 0 Å². The van der Waals surface area contributed by atoms with E-state index in [2.05, 4.69) is 48.6 Å². The summed E-state index contributed by atoms with van der Waals surface area (Å²) in [7, 11) is 0. The maximum atomic E-state index is 9.25. The number of allylic oxidation sites excluding steroid dienone is 4. The summed E-state index contributed by atoms with van der Waals surface area (Å²) in [5.74, 6) is 0.371. The van der Waals surface area contributed by atoms with Crippen molar-refractivity contribution in [2.75, 3.05) is 0 Å². The average Bonchev–Trinajstić information content (AvgIpc) is 2.56. The quantitative estimate of drug-likeness (QED) is 0.756. The van der Waals surface area contributed by atoms with Crippen molar-refractivity contribution in [1.29, 1.82) is 5.26 Å². The molecule has 0 saturated carbocycles. The Labute approximate surface area is 119 Å². The topological polar surface area (TPSA) is 23.8 Å². The van der Waals surface area contributed by atoms with Gasteiger partial charge < -0.3 is 0 Å². The second-order valence-electron chi connectivity index (χ2n) is 4.98. The minimum Gasteiger partial charge on any atom is -0.192 e. The Morgan fingerprint density at radius 2 is 1.80 bits per heavy atom. The van der Waals surface area contributed by atoms with Crippen LogP contribution in [0.15, 0.2) is 72.8 Å². The number of hydrogen-bond donors (Lipinski definition) is 0. The summed E-state index contributed by atoms with van der Waals surface area (Å²) >= 11 is 0. The van der Waals surface area contributed by atoms with Crippen molar-refractivity contribution in [2.24, 2.45) is 0 Å². The lowest BCUT2D eigenvalue weighted by molar-refractivity contribution is 0.853. The van der Waals surface area contributed by atoms with Gasteiger partial charge in [-0.2, -0.15) is 5.26 Å². The largest absolute Gasteiger partial charge is 0.192 e. The fraction of sp³-hybridized carbons (Fsp3) is 0.105. The summed E-state index contributed by atoms with van der Waals surface area (Å²) in [6, 6.07) is 18.7. The van der Waals surface area contributed by atoms with Crippen LogP contribution in [0, 0.1) is 11.3 Å². The van der Waals surface area contributed by atoms with Crippen LogP contribution in [0.2, 0.25) is 0 Å². The highest BCUT2D eigenvalue weighted by molar-refractivity contribution is 5.66. The Morgan fingerprint density at radius 3 is 2.50 bits per heavy atom. The number of benzene rings is 2. The Morgan fingerprint density at radius 1 is 0.950 bits per heavy atom. The van der Waals surface area contributed by atoms with Gasteiger partial charge in [-0.15, -0.1) is 0 Å². The number of nitrogens with zero attached hydrogens (tertiary/aromatic N) is 1. The second-order valence-corrected chi connectivity index (χ2v) is 4.98. The number of hydrogen-bond acceptors (Lipinski definition) is 1. The molecular weight excluding hydrogens is 242 g/mol. The van der Waals surface area contributed by atoms with E-state index in [9.17, 15) is 5.26 Å². The smallest absolute Gasteiger partial charge is 0.0991 e. The fourth-order valence-electron chi connectivity index (χ4n) is 2.56. The second kappa shape index (κ2) is 5.59. The first-order valence-corrected chi connectivity index (χ1v) is 6.80. The van der Waals surface area contributed by atoms with Gasteiger partial charge in [-0.05, 0) is 35.2 Å². The fourth-order valence-corrected chi connectivity index (χ4v) is 2.56. The highest BCUT2D eigenvalue weighted by Crippen LogP contribution is 2.30. The molecule has 0 fully saturated rings. The molecule has 1 aliphatic carbocycles. The van der Waals surface area contributed by atoms with E-state index in [0.29, 0.717) is 5.92 Å². The standard InChI is InChI=1S/C19H15N/c20-14-15-11-18(16-7-3-1-4-8-16)13-19(12-15)17-9-5-2-6-10-17/h1-9,11-13,17H,10H2. The maximum Gasteiger partial charge on any atom is 0.0991 e. The SMILES string of the molecule is N#Cc1cc(-c2ccccc2)cc(C2C=CC=CC2)c1. The summed E-state index contributed by atoms with van der Waals surface area (Å²) in [5.41, 5.74) is 4.21. The third-order valence-electron chi connectivity index (χ3n) is 3.60. The van der Waals surface area contributed by atoms with Gasteiger partial charge in [0.1, 0.15) is 0 Å². The van der Waals surface area contributed by atoms with Crippen molar-refractivity contribution in [2.45, 2.75) is 12.3 Å². The Kier molecular flexibility index (Phi) is 3.48. The average molecular weight is 257 g/mol. The van der Waals surface area contributed by atoms with Crippen LogP contribution < -0.4 is 0 Å². The maximum absolute atomic E-state index is 9.25. The van der Waals surface area contributed by atoms with E-state index < -0.39 is 0 Å². The summed E-state index contributed by atoms with van der Waals surface area (Å²) in [4.78, 5) is 0. The molecule has 0 bridgehead atoms. The zero-order valence-corrected chi connectivity index (χ0v) is 11.2. The van der Waals surface area contributed by atoms with Crippen LogP contribution in [0.25, 0.3) is 11.1 Å². The van der Waals surface area contributed by atoms with Gasteiger partial charge in [0.25, 0.3) is 0 Å². The van der Waals surface area contributed by atoms with Crippen LogP contribution in [0.1, 0.15) is 23.5 Å². The van der Waals surface area contributed by atoms with E-state index >= 15 is 0 Å². The molecule has 2 aromatic carbocycles. The predicted octanol–water partition coefficient (Wildman–Crippen LogP) is 4.82. The molecule has 0 spiro atoms. The zero-order chi connectivity index (χ0) is 13.8. The van der Waals surface area contributed by atoms with Crippen molar-refractivity contribution in [1.82, 2.24) is 0 Å². The monoisotopic (exact) mass is 257 g/mol. The first-order chi connectivity index (χ1) is 9.86. The third kappa shape index (κ3) is 2.55. The van der Waals surface area contributed by atoms with E-state index in [1.807, 2.05) is 30.3 Å². The summed E-state index contributed by atoms with van der Waals surface area (Å²) in [6.07, 6.45) is 9.52. The lowest BCUT2D eigenvalue weighted by Gasteiger charge is -2.15. The summed E-state index contributed by atoms with van der Waals surface area (Å²) in [6.45, 7) is 0. The molecule has 1 aliphatic rings. The van der Waals surface area contributed by atoms with Crippen molar-refractivity contribution < 1.29 is 0 Å². The molecule has 1 nitrogen and oxygen atoms in total. The van der Waals surface area contributed by atoms with Crippen LogP contribution >= 0.6 is 0 Å². The lowest BCUT2D eigenvalue weighted by atomic mass is 9.89. The van der Waals surface area contributed by atoms with Gasteiger partial charge in [-0.25, -0.2) is 0 Å². The minimum absolute atomic E-state index is 0.371. The zero-order valence-electron chi connectivity index (χ0n) is 11.2. The van der Waals surface area contributed by atoms with E-state index in [1.165, 1.54) is 5.56 Å². The lowest BCUT2D eigenvalue weighted by Crippen LogP contribution is -1.97. The first-order valence-electron chi connectivity index (χ1n) is 6.80. The van der Waals surface area contributed by atoms with Gasteiger partial charge >= 0.3 is 0 Å². The Hall–Kier alpha value is -2.59. The molecule has 1 unspecified atom stereocenters. The van der Waals surface area contributed by atoms with Crippen LogP contribution in [-0.4, -0.2) is 0 Å². The van der Waals surface area contributed by atoms with Crippen LogP contribution in [-0.2, 0) is 0 Å². The van der Waals surface area contributed by atoms with Gasteiger partial charge in [0.15, 0.2) is 0 Å². The van der Waals surface area contributed by atoms with Crippen molar-refractivity contribution >= 4 is 0 Å². The van der Waals surface area contributed by atoms with E-state index in [0.717, 1.165) is 23.1 Å². The van der Waals surface area contributed by atoms with Crippen LogP contribution in [0.5, 0.6) is 0 Å². The van der Waals surface area contributed by atoms with Crippen molar-refractivity contribution in [3.63, 3.8) is 0 Å². The molecule has 0 amide bonds. The van der Waals surface area contributed by atoms with Crippen LogP contribution in [0.4, 0.5) is 0 Å². The number of rotatable bonds is 2. The summed E-state index contributed by atoms with van der Waals surface area (Å²) < 4.78 is 0. The van der Waals surface area contributed by atoms with E-state index in [4.69, 9.17) is 0 Å². The van der Waals surface area contributed by atoms with Gasteiger partial charge in [0.05, 0.1) is 11.6 Å². The van der Waals surface area contributed by atoms with Gasteiger partial charge in [0, 0.05) is 5.92 Å². The minimum atomic E-state index is 0.371. The molecule has 2 aromatic rings. The first kappa shape index (κ1) is 12.4. The highest BCUT2D eigenvalue weighted by Gasteiger charge is 2.11. The third-order valence-corrected chi connectivity index (χ3v) is 3.60. The predicted molar refractivity (Wildman–Crippen MR) is 82.2 cm³/mol. The molecule has 0 saturated heterocycles. The van der Waals surface area contributed by atoms with Gasteiger partial charge in [-0.3, -0.25) is 0 Å². The molecule has 0 heterocycles. The van der Waals surface area contributed by atoms with Crippen molar-refractivity contribution in [3.8, 4) is 17.2 Å². The molecule has 1 heteroatoms. The van der Waals surface area contributed by atoms with Crippen LogP contribution in [0.3, 0.4) is 0 Å². The molecule has 0 aliphatic heterocycles. The van der Waals surface area contributed by atoms with Gasteiger partial charge in [-0.1, -0.05) is 60.7 Å². The molecular formula is C19H15N. The molecule has 0 N–H and O–H groups in total. The number of nitriles is 1. The normalized spacial score (nSPS) is 16.9. The van der Waals surface area contributed by atoms with E-state index in [-0.39, 0.29) is 0 Å². The molecule has 1 atom stereocenters. The molecule has 0 radical (unpaired) electrons. The van der Waals surface area contributed by atoms with E-state index in [1.54, 1.807) is 0 Å².